The maximum absolute atomic E-state index is 12.2. The maximum Gasteiger partial charge on any atom is 0.272 e. The topological polar surface area (TPSA) is 124 Å². The van der Waals surface area contributed by atoms with E-state index < -0.39 is 38.4 Å². The van der Waals surface area contributed by atoms with Crippen LogP contribution in [0.15, 0.2) is 11.6 Å². The van der Waals surface area contributed by atoms with Crippen LogP contribution < -0.4 is 5.32 Å². The second kappa shape index (κ2) is 9.45. The summed E-state index contributed by atoms with van der Waals surface area (Å²) >= 11 is 17.0. The first kappa shape index (κ1) is 24.3. The third-order valence-electron chi connectivity index (χ3n) is 6.25. The molecule has 2 aliphatic rings. The molecule has 1 N–H and O–H groups in total. The average molecular weight is 467 g/mol. The van der Waals surface area contributed by atoms with E-state index >= 15 is 0 Å². The molecular weight excluding hydrogens is 445 g/mol. The fourth-order valence-electron chi connectivity index (χ4n) is 4.79. The molecule has 0 saturated heterocycles. The van der Waals surface area contributed by atoms with Gasteiger partial charge in [0.2, 0.25) is 0 Å². The van der Waals surface area contributed by atoms with Gasteiger partial charge in [0.1, 0.15) is 0 Å². The number of nitrogens with one attached hydrogen (secondary N) is 1. The van der Waals surface area contributed by atoms with Crippen LogP contribution in [-0.2, 0) is 4.79 Å². The van der Waals surface area contributed by atoms with Crippen molar-refractivity contribution >= 4 is 40.7 Å². The summed E-state index contributed by atoms with van der Waals surface area (Å²) in [5.74, 6) is -2.24. The zero-order valence-electron chi connectivity index (χ0n) is 16.6. The zero-order valence-corrected chi connectivity index (χ0v) is 18.9. The largest absolute Gasteiger partial charge is 0.349 e. The van der Waals surface area contributed by atoms with Crippen molar-refractivity contribution < 1.29 is 4.79 Å². The first-order chi connectivity index (χ1) is 14.2. The predicted octanol–water partition coefficient (Wildman–Crippen LogP) is 4.85. The van der Waals surface area contributed by atoms with Crippen LogP contribution in [0, 0.1) is 68.0 Å². The van der Waals surface area contributed by atoms with E-state index in [1.165, 1.54) is 0 Å². The molecule has 0 heterocycles. The van der Waals surface area contributed by atoms with Gasteiger partial charge in [0, 0.05) is 17.9 Å². The fourth-order valence-corrected chi connectivity index (χ4v) is 4.96. The van der Waals surface area contributed by atoms with Gasteiger partial charge in [-0.1, -0.05) is 79.1 Å². The molecule has 1 amide bonds. The molecule has 0 aliphatic heterocycles. The number of fused-ring (bicyclic) bond motifs is 1. The Morgan fingerprint density at radius 3 is 2.20 bits per heavy atom. The molecule has 1 saturated carbocycles. The van der Waals surface area contributed by atoms with E-state index in [1.807, 2.05) is 30.4 Å². The Morgan fingerprint density at radius 2 is 1.70 bits per heavy atom. The molecule has 30 heavy (non-hydrogen) atoms. The number of unbranched alkanes of at least 4 members (excludes halogenated alkanes) is 3. The van der Waals surface area contributed by atoms with Crippen molar-refractivity contribution in [2.24, 2.45) is 22.7 Å². The molecule has 0 aromatic carbocycles. The monoisotopic (exact) mass is 465 g/mol. The van der Waals surface area contributed by atoms with Crippen LogP contribution in [0.5, 0.6) is 0 Å². The molecular formula is C21H22Cl3N5O. The van der Waals surface area contributed by atoms with Crippen LogP contribution in [0.25, 0.3) is 0 Å². The zero-order chi connectivity index (χ0) is 22.6. The van der Waals surface area contributed by atoms with Gasteiger partial charge in [0.25, 0.3) is 9.70 Å². The van der Waals surface area contributed by atoms with Crippen LogP contribution in [0.1, 0.15) is 51.9 Å². The number of hydrogen-bond donors (Lipinski definition) is 1. The Bertz CT molecular complexity index is 853. The highest BCUT2D eigenvalue weighted by atomic mass is 35.6. The number of hydrogen-bond acceptors (Lipinski definition) is 5. The molecule has 0 radical (unpaired) electrons. The van der Waals surface area contributed by atoms with Crippen molar-refractivity contribution in [3.05, 3.63) is 11.6 Å². The SMILES string of the molecule is CCCCCC[C@H]1C=C2CC[C@@H](NC(=O)C(Cl)(Cl)Cl)[C@H]2C(C#N)(C#N)C1(C#N)C#N. The molecule has 0 spiro atoms. The van der Waals surface area contributed by atoms with Gasteiger partial charge in [-0.05, 0) is 19.3 Å². The van der Waals surface area contributed by atoms with Gasteiger partial charge in [0.15, 0.2) is 10.8 Å². The number of alkyl halides is 3. The number of nitrogens with zero attached hydrogens (tertiary/aromatic N) is 4. The molecule has 0 aromatic heterocycles. The molecule has 6 nitrogen and oxygen atoms in total. The van der Waals surface area contributed by atoms with Crippen LogP contribution in [0.2, 0.25) is 0 Å². The molecule has 2 rings (SSSR count). The summed E-state index contributed by atoms with van der Waals surface area (Å²) in [5.41, 5.74) is -3.00. The molecule has 9 heteroatoms. The molecule has 2 aliphatic carbocycles. The molecule has 1 fully saturated rings. The summed E-state index contributed by atoms with van der Waals surface area (Å²) in [5, 5.41) is 43.0. The second-order valence-electron chi connectivity index (χ2n) is 7.85. The predicted molar refractivity (Wildman–Crippen MR) is 113 cm³/mol. The second-order valence-corrected chi connectivity index (χ2v) is 10.1. The van der Waals surface area contributed by atoms with Crippen LogP contribution in [0.4, 0.5) is 0 Å². The lowest BCUT2D eigenvalue weighted by Crippen LogP contribution is -2.56. The van der Waals surface area contributed by atoms with Crippen molar-refractivity contribution in [2.45, 2.75) is 61.7 Å². The summed E-state index contributed by atoms with van der Waals surface area (Å²) < 4.78 is -2.20. The van der Waals surface area contributed by atoms with E-state index in [0.29, 0.717) is 19.3 Å². The van der Waals surface area contributed by atoms with Crippen molar-refractivity contribution in [3.8, 4) is 24.3 Å². The van der Waals surface area contributed by atoms with E-state index in [9.17, 15) is 25.8 Å². The highest BCUT2D eigenvalue weighted by Gasteiger charge is 2.67. The highest BCUT2D eigenvalue weighted by molar-refractivity contribution is 6.76. The smallest absolute Gasteiger partial charge is 0.272 e. The summed E-state index contributed by atoms with van der Waals surface area (Å²) in [6.45, 7) is 2.09. The number of halogens is 3. The van der Waals surface area contributed by atoms with Crippen LogP contribution in [0.3, 0.4) is 0 Å². The quantitative estimate of drug-likeness (QED) is 0.340. The third-order valence-corrected chi connectivity index (χ3v) is 6.77. The minimum absolute atomic E-state index is 0.420. The van der Waals surface area contributed by atoms with Gasteiger partial charge < -0.3 is 5.32 Å². The number of nitriles is 4. The van der Waals surface area contributed by atoms with E-state index in [4.69, 9.17) is 34.8 Å². The van der Waals surface area contributed by atoms with Crippen molar-refractivity contribution in [1.82, 2.24) is 5.32 Å². The molecule has 0 aromatic rings. The number of amides is 1. The average Bonchev–Trinajstić information content (AvgIpc) is 3.12. The van der Waals surface area contributed by atoms with Gasteiger partial charge in [-0.3, -0.25) is 4.79 Å². The van der Waals surface area contributed by atoms with Gasteiger partial charge in [-0.25, -0.2) is 0 Å². The first-order valence-corrected chi connectivity index (χ1v) is 11.0. The first-order valence-electron chi connectivity index (χ1n) is 9.90. The van der Waals surface area contributed by atoms with E-state index in [2.05, 4.69) is 12.2 Å². The number of allylic oxidation sites excluding steroid dienone is 1. The minimum Gasteiger partial charge on any atom is -0.349 e. The van der Waals surface area contributed by atoms with Crippen molar-refractivity contribution in [1.29, 1.82) is 21.0 Å². The van der Waals surface area contributed by atoms with Gasteiger partial charge in [0.05, 0.1) is 24.3 Å². The van der Waals surface area contributed by atoms with Crippen molar-refractivity contribution in [2.75, 3.05) is 0 Å². The van der Waals surface area contributed by atoms with Crippen molar-refractivity contribution in [3.63, 3.8) is 0 Å². The van der Waals surface area contributed by atoms with Gasteiger partial charge in [-0.2, -0.15) is 21.0 Å². The van der Waals surface area contributed by atoms with Crippen LogP contribution >= 0.6 is 34.8 Å². The summed E-state index contributed by atoms with van der Waals surface area (Å²) in [6, 6.07) is 7.37. The third kappa shape index (κ3) is 3.98. The van der Waals surface area contributed by atoms with Gasteiger partial charge in [-0.15, -0.1) is 0 Å². The van der Waals surface area contributed by atoms with Gasteiger partial charge >= 0.3 is 0 Å². The molecule has 0 bridgehead atoms. The lowest BCUT2D eigenvalue weighted by Gasteiger charge is -2.46. The molecule has 0 unspecified atom stereocenters. The maximum atomic E-state index is 12.2. The molecule has 3 atom stereocenters. The van der Waals surface area contributed by atoms with Crippen LogP contribution in [-0.4, -0.2) is 15.7 Å². The Balaban J connectivity index is 2.53. The Morgan fingerprint density at radius 1 is 1.10 bits per heavy atom. The Labute approximate surface area is 192 Å². The summed E-state index contributed by atoms with van der Waals surface area (Å²) in [4.78, 5) is 12.2. The summed E-state index contributed by atoms with van der Waals surface area (Å²) in [7, 11) is 0. The van der Waals surface area contributed by atoms with E-state index in [-0.39, 0.29) is 0 Å². The van der Waals surface area contributed by atoms with E-state index in [0.717, 1.165) is 31.3 Å². The number of carbonyl (C=O) groups is 1. The minimum atomic E-state index is -2.20. The van der Waals surface area contributed by atoms with E-state index in [1.54, 1.807) is 0 Å². The lowest BCUT2D eigenvalue weighted by molar-refractivity contribution is -0.121. The Kier molecular flexibility index (Phi) is 7.66. The number of carbonyl (C=O) groups excluding carboxylic acids is 1. The fraction of sp³-hybridized carbons (Fsp3) is 0.667. The summed E-state index contributed by atoms with van der Waals surface area (Å²) in [6.07, 6.45) is 7.16. The Hall–Kier alpha value is -1.96. The number of rotatable bonds is 6. The standard InChI is InChI=1S/C21H22Cl3N5O/c1-2-3-4-5-6-15-9-14-7-8-16(29-18(30)21(22,23)24)17(14)20(12-27,13-28)19(15,10-25)11-26/h9,15-17H,2-8H2,1H3,(H,29,30)/t15-,16+,17-/m0/s1. The highest BCUT2D eigenvalue weighted by Crippen LogP contribution is 2.60. The lowest BCUT2D eigenvalue weighted by atomic mass is 9.49. The normalized spacial score (nSPS) is 26.1. The molecule has 158 valence electrons.